The lowest BCUT2D eigenvalue weighted by molar-refractivity contribution is -0.139. The number of hydrogen-bond donors (Lipinski definition) is 0. The maximum Gasteiger partial charge on any atom is 0.276 e. The van der Waals surface area contributed by atoms with Crippen molar-refractivity contribution in [3.05, 3.63) is 30.2 Å². The topological polar surface area (TPSA) is 72.1 Å². The summed E-state index contributed by atoms with van der Waals surface area (Å²) in [6.45, 7) is 0.908. The Morgan fingerprint density at radius 3 is 2.92 bits per heavy atom. The third-order valence-corrected chi connectivity index (χ3v) is 5.17. The zero-order chi connectivity index (χ0) is 16.4. The van der Waals surface area contributed by atoms with Crippen LogP contribution in [0, 0.1) is 5.92 Å². The molecule has 0 spiro atoms. The molecule has 1 atom stereocenters. The van der Waals surface area contributed by atoms with Gasteiger partial charge >= 0.3 is 0 Å². The van der Waals surface area contributed by atoms with Gasteiger partial charge in [0.25, 0.3) is 5.89 Å². The monoisotopic (exact) mass is 326 g/mol. The molecular formula is C18H22N4O2. The molecule has 0 aromatic carbocycles. The van der Waals surface area contributed by atoms with Crippen LogP contribution in [0.4, 0.5) is 0 Å². The average Bonchev–Trinajstić information content (AvgIpc) is 3.21. The van der Waals surface area contributed by atoms with Crippen LogP contribution in [-0.4, -0.2) is 38.5 Å². The highest BCUT2D eigenvalue weighted by Gasteiger charge is 2.35. The van der Waals surface area contributed by atoms with E-state index in [0.29, 0.717) is 29.4 Å². The molecule has 1 unspecified atom stereocenters. The van der Waals surface area contributed by atoms with Crippen molar-refractivity contribution in [2.45, 2.75) is 51.0 Å². The predicted molar refractivity (Wildman–Crippen MR) is 87.9 cm³/mol. The lowest BCUT2D eigenvalue weighted by Crippen LogP contribution is -2.41. The minimum atomic E-state index is 0.284. The van der Waals surface area contributed by atoms with E-state index >= 15 is 0 Å². The molecule has 0 N–H and O–H groups in total. The van der Waals surface area contributed by atoms with E-state index in [1.807, 2.05) is 18.2 Å². The number of hydrogen-bond acceptors (Lipinski definition) is 5. The summed E-state index contributed by atoms with van der Waals surface area (Å²) in [5.41, 5.74) is 0.693. The van der Waals surface area contributed by atoms with Gasteiger partial charge in [-0.3, -0.25) is 9.78 Å². The summed E-state index contributed by atoms with van der Waals surface area (Å²) in [7, 11) is 0. The van der Waals surface area contributed by atoms with Crippen LogP contribution in [0.1, 0.15) is 44.3 Å². The van der Waals surface area contributed by atoms with Crippen LogP contribution in [0.2, 0.25) is 0 Å². The van der Waals surface area contributed by atoms with Gasteiger partial charge in [0.05, 0.1) is 0 Å². The summed E-state index contributed by atoms with van der Waals surface area (Å²) in [5, 5.41) is 4.06. The van der Waals surface area contributed by atoms with Crippen LogP contribution in [-0.2, 0) is 11.2 Å². The SMILES string of the molecule is O=C(C1CCC1)N1CCCC1CCc1noc(-c2ccccn2)n1. The molecule has 6 heteroatoms. The Kier molecular flexibility index (Phi) is 4.28. The van der Waals surface area contributed by atoms with Crippen LogP contribution in [0.3, 0.4) is 0 Å². The lowest BCUT2D eigenvalue weighted by Gasteiger charge is -2.32. The molecule has 0 bridgehead atoms. The van der Waals surface area contributed by atoms with Crippen molar-refractivity contribution >= 4 is 5.91 Å². The number of aryl methyl sites for hydroxylation is 1. The van der Waals surface area contributed by atoms with Gasteiger partial charge in [-0.05, 0) is 44.2 Å². The summed E-state index contributed by atoms with van der Waals surface area (Å²) >= 11 is 0. The zero-order valence-electron chi connectivity index (χ0n) is 13.7. The van der Waals surface area contributed by atoms with E-state index in [-0.39, 0.29) is 5.92 Å². The summed E-state index contributed by atoms with van der Waals surface area (Å²) in [4.78, 5) is 23.3. The smallest absolute Gasteiger partial charge is 0.276 e. The Morgan fingerprint density at radius 2 is 2.17 bits per heavy atom. The zero-order valence-corrected chi connectivity index (χ0v) is 13.7. The van der Waals surface area contributed by atoms with Gasteiger partial charge < -0.3 is 9.42 Å². The third-order valence-electron chi connectivity index (χ3n) is 5.17. The number of nitrogens with zero attached hydrogens (tertiary/aromatic N) is 4. The molecule has 2 fully saturated rings. The van der Waals surface area contributed by atoms with Crippen molar-refractivity contribution in [3.63, 3.8) is 0 Å². The first-order valence-corrected chi connectivity index (χ1v) is 8.86. The molecule has 1 aliphatic heterocycles. The standard InChI is InChI=1S/C18H22N4O2/c23-18(13-5-3-6-13)22-12-4-7-14(22)9-10-16-20-17(24-21-16)15-8-1-2-11-19-15/h1-2,8,11,13-14H,3-7,9-10,12H2. The Morgan fingerprint density at radius 1 is 1.25 bits per heavy atom. The van der Waals surface area contributed by atoms with E-state index in [0.717, 1.165) is 45.1 Å². The van der Waals surface area contributed by atoms with E-state index in [1.165, 1.54) is 6.42 Å². The minimum Gasteiger partial charge on any atom is -0.339 e. The quantitative estimate of drug-likeness (QED) is 0.845. The van der Waals surface area contributed by atoms with Gasteiger partial charge in [0, 0.05) is 31.1 Å². The maximum atomic E-state index is 12.5. The van der Waals surface area contributed by atoms with Crippen LogP contribution in [0.25, 0.3) is 11.6 Å². The first kappa shape index (κ1) is 15.3. The third kappa shape index (κ3) is 3.05. The number of carbonyl (C=O) groups excluding carboxylic acids is 1. The highest BCUT2D eigenvalue weighted by molar-refractivity contribution is 5.80. The molecule has 2 aromatic rings. The summed E-state index contributed by atoms with van der Waals surface area (Å²) in [5.74, 6) is 1.80. The van der Waals surface area contributed by atoms with Gasteiger partial charge in [-0.15, -0.1) is 0 Å². The highest BCUT2D eigenvalue weighted by atomic mass is 16.5. The van der Waals surface area contributed by atoms with Crippen LogP contribution < -0.4 is 0 Å². The van der Waals surface area contributed by atoms with Crippen molar-refractivity contribution in [1.82, 2.24) is 20.0 Å². The Labute approximate surface area is 141 Å². The predicted octanol–water partition coefficient (Wildman–Crippen LogP) is 2.86. The molecule has 24 heavy (non-hydrogen) atoms. The van der Waals surface area contributed by atoms with Gasteiger partial charge in [-0.2, -0.15) is 4.98 Å². The summed E-state index contributed by atoms with van der Waals surface area (Å²) in [6, 6.07) is 5.94. The maximum absolute atomic E-state index is 12.5. The molecule has 4 rings (SSSR count). The van der Waals surface area contributed by atoms with E-state index in [1.54, 1.807) is 6.20 Å². The van der Waals surface area contributed by atoms with Gasteiger partial charge in [-0.1, -0.05) is 17.6 Å². The molecule has 1 saturated carbocycles. The first-order valence-electron chi connectivity index (χ1n) is 8.86. The second kappa shape index (κ2) is 6.71. The van der Waals surface area contributed by atoms with Gasteiger partial charge in [0.1, 0.15) is 5.69 Å². The molecule has 0 radical (unpaired) electrons. The average molecular weight is 326 g/mol. The van der Waals surface area contributed by atoms with E-state index in [4.69, 9.17) is 4.52 Å². The fraction of sp³-hybridized carbons (Fsp3) is 0.556. The van der Waals surface area contributed by atoms with Crippen LogP contribution in [0.15, 0.2) is 28.9 Å². The van der Waals surface area contributed by atoms with Gasteiger partial charge in [-0.25, -0.2) is 0 Å². The molecule has 1 aliphatic carbocycles. The van der Waals surface area contributed by atoms with E-state index in [9.17, 15) is 4.79 Å². The van der Waals surface area contributed by atoms with Crippen LogP contribution in [0.5, 0.6) is 0 Å². The molecule has 1 amide bonds. The molecule has 6 nitrogen and oxygen atoms in total. The number of pyridine rings is 1. The van der Waals surface area contributed by atoms with Crippen molar-refractivity contribution < 1.29 is 9.32 Å². The second-order valence-corrected chi connectivity index (χ2v) is 6.72. The van der Waals surface area contributed by atoms with Gasteiger partial charge in [0.2, 0.25) is 5.91 Å². The Hall–Kier alpha value is -2.24. The Bertz CT molecular complexity index is 696. The van der Waals surface area contributed by atoms with Crippen molar-refractivity contribution in [2.75, 3.05) is 6.54 Å². The molecule has 126 valence electrons. The molecular weight excluding hydrogens is 304 g/mol. The molecule has 3 heterocycles. The summed E-state index contributed by atoms with van der Waals surface area (Å²) < 4.78 is 5.30. The fourth-order valence-electron chi connectivity index (χ4n) is 3.56. The fourth-order valence-corrected chi connectivity index (χ4v) is 3.56. The van der Waals surface area contributed by atoms with Crippen LogP contribution >= 0.6 is 0 Å². The largest absolute Gasteiger partial charge is 0.339 e. The number of amides is 1. The number of rotatable bonds is 5. The van der Waals surface area contributed by atoms with E-state index < -0.39 is 0 Å². The van der Waals surface area contributed by atoms with Gasteiger partial charge in [0.15, 0.2) is 5.82 Å². The van der Waals surface area contributed by atoms with E-state index in [2.05, 4.69) is 20.0 Å². The number of carbonyl (C=O) groups is 1. The van der Waals surface area contributed by atoms with Crippen molar-refractivity contribution in [1.29, 1.82) is 0 Å². The Balaban J connectivity index is 1.36. The number of likely N-dealkylation sites (tertiary alicyclic amines) is 1. The number of aromatic nitrogens is 3. The second-order valence-electron chi connectivity index (χ2n) is 6.72. The lowest BCUT2D eigenvalue weighted by atomic mass is 9.84. The highest BCUT2D eigenvalue weighted by Crippen LogP contribution is 2.32. The molecule has 2 aliphatic rings. The normalized spacial score (nSPS) is 21.0. The van der Waals surface area contributed by atoms with Crippen molar-refractivity contribution in [2.24, 2.45) is 5.92 Å². The molecule has 1 saturated heterocycles. The minimum absolute atomic E-state index is 0.284. The summed E-state index contributed by atoms with van der Waals surface area (Å²) in [6.07, 6.45) is 8.88. The first-order chi connectivity index (χ1) is 11.8. The molecule has 2 aromatic heterocycles. The van der Waals surface area contributed by atoms with Crippen molar-refractivity contribution in [3.8, 4) is 11.6 Å².